The van der Waals surface area contributed by atoms with Gasteiger partial charge in [0, 0.05) is 13.0 Å². The van der Waals surface area contributed by atoms with Crippen LogP contribution in [0.1, 0.15) is 26.7 Å². The molecule has 1 atom stereocenters. The van der Waals surface area contributed by atoms with Crippen molar-refractivity contribution in [2.24, 2.45) is 5.92 Å². The molecule has 0 aromatic heterocycles. The van der Waals surface area contributed by atoms with E-state index in [-0.39, 0.29) is 17.7 Å². The summed E-state index contributed by atoms with van der Waals surface area (Å²) in [5.74, 6) is -0.275. The number of carbonyl (C=O) groups is 2. The van der Waals surface area contributed by atoms with Crippen molar-refractivity contribution in [3.8, 4) is 0 Å². The van der Waals surface area contributed by atoms with Crippen molar-refractivity contribution in [3.63, 3.8) is 0 Å². The van der Waals surface area contributed by atoms with Crippen molar-refractivity contribution in [1.82, 2.24) is 4.90 Å². The highest BCUT2D eigenvalue weighted by atomic mass is 35.5. The molecule has 0 aliphatic carbocycles. The van der Waals surface area contributed by atoms with E-state index >= 15 is 0 Å². The molecule has 0 bridgehead atoms. The van der Waals surface area contributed by atoms with Crippen LogP contribution in [0, 0.1) is 5.92 Å². The van der Waals surface area contributed by atoms with Crippen molar-refractivity contribution in [1.29, 1.82) is 0 Å². The predicted octanol–water partition coefficient (Wildman–Crippen LogP) is 4.23. The topological polar surface area (TPSA) is 49.4 Å². The molecule has 1 aromatic rings. The summed E-state index contributed by atoms with van der Waals surface area (Å²) in [6, 6.07) is 2.46. The number of nitrogens with one attached hydrogen (secondary N) is 1. The summed E-state index contributed by atoms with van der Waals surface area (Å²) >= 11 is 17.9. The molecule has 1 aliphatic heterocycles. The molecule has 4 nitrogen and oxygen atoms in total. The molecule has 1 saturated heterocycles. The molecule has 1 heterocycles. The molecule has 1 aliphatic rings. The summed E-state index contributed by atoms with van der Waals surface area (Å²) in [4.78, 5) is 26.1. The zero-order chi connectivity index (χ0) is 16.4. The lowest BCUT2D eigenvalue weighted by Crippen LogP contribution is -2.48. The fraction of sp³-hybridized carbons (Fsp3) is 0.467. The molecule has 1 N–H and O–H groups in total. The van der Waals surface area contributed by atoms with Gasteiger partial charge in [0.25, 0.3) is 0 Å². The van der Waals surface area contributed by atoms with E-state index in [9.17, 15) is 9.59 Å². The van der Waals surface area contributed by atoms with Gasteiger partial charge in [-0.2, -0.15) is 0 Å². The van der Waals surface area contributed by atoms with Crippen molar-refractivity contribution < 1.29 is 9.59 Å². The Morgan fingerprint density at radius 2 is 1.82 bits per heavy atom. The first kappa shape index (κ1) is 17.4. The summed E-state index contributed by atoms with van der Waals surface area (Å²) in [5, 5.41) is 3.68. The lowest BCUT2D eigenvalue weighted by Gasteiger charge is -2.30. The second-order valence-corrected chi connectivity index (χ2v) is 6.84. The van der Waals surface area contributed by atoms with Crippen LogP contribution >= 0.6 is 34.8 Å². The molecule has 0 unspecified atom stereocenters. The van der Waals surface area contributed by atoms with Crippen LogP contribution in [0.2, 0.25) is 15.1 Å². The third-order valence-electron chi connectivity index (χ3n) is 3.61. The number of carbonyl (C=O) groups excluding carboxylic acids is 2. The Morgan fingerprint density at radius 1 is 1.18 bits per heavy atom. The molecule has 120 valence electrons. The Hall–Kier alpha value is -0.970. The number of rotatable bonds is 4. The van der Waals surface area contributed by atoms with Crippen LogP contribution in [-0.2, 0) is 9.59 Å². The number of benzene rings is 1. The van der Waals surface area contributed by atoms with Gasteiger partial charge in [-0.05, 0) is 24.5 Å². The minimum Gasteiger partial charge on any atom is -0.330 e. The number of hydrogen-bond acceptors (Lipinski definition) is 2. The van der Waals surface area contributed by atoms with Gasteiger partial charge in [0.2, 0.25) is 11.8 Å². The van der Waals surface area contributed by atoms with E-state index < -0.39 is 6.04 Å². The summed E-state index contributed by atoms with van der Waals surface area (Å²) in [6.45, 7) is 4.42. The van der Waals surface area contributed by atoms with E-state index in [0.717, 1.165) is 6.42 Å². The average Bonchev–Trinajstić information content (AvgIpc) is 2.82. The largest absolute Gasteiger partial charge is 0.330 e. The second-order valence-electron chi connectivity index (χ2n) is 5.61. The Bertz CT molecular complexity index is 605. The van der Waals surface area contributed by atoms with Crippen LogP contribution in [0.5, 0.6) is 0 Å². The summed E-state index contributed by atoms with van der Waals surface area (Å²) in [7, 11) is 0. The van der Waals surface area contributed by atoms with Gasteiger partial charge in [-0.1, -0.05) is 48.7 Å². The molecule has 0 radical (unpaired) electrons. The van der Waals surface area contributed by atoms with Crippen LogP contribution in [-0.4, -0.2) is 29.3 Å². The van der Waals surface area contributed by atoms with Gasteiger partial charge >= 0.3 is 0 Å². The number of hydrogen-bond donors (Lipinski definition) is 1. The Morgan fingerprint density at radius 3 is 2.36 bits per heavy atom. The third kappa shape index (κ3) is 3.67. The normalized spacial score (nSPS) is 16.3. The van der Waals surface area contributed by atoms with Crippen molar-refractivity contribution in [2.75, 3.05) is 11.9 Å². The standard InChI is InChI=1S/C15H17Cl3N2O2/c1-8(2)14(20-5-3-4-13(20)21)15(22)19-12-7-10(17)9(16)6-11(12)18/h6-8,14H,3-5H2,1-2H3,(H,19,22)/t14-/m0/s1. The SMILES string of the molecule is CC(C)[C@@H](C(=O)Nc1cc(Cl)c(Cl)cc1Cl)N1CCCC1=O. The van der Waals surface area contributed by atoms with Crippen LogP contribution in [0.15, 0.2) is 12.1 Å². The van der Waals surface area contributed by atoms with Crippen molar-refractivity contribution >= 4 is 52.3 Å². The molecule has 7 heteroatoms. The number of anilines is 1. The molecular weight excluding hydrogens is 347 g/mol. The van der Waals surface area contributed by atoms with Crippen molar-refractivity contribution in [3.05, 3.63) is 27.2 Å². The Balaban J connectivity index is 2.22. The molecule has 2 amide bonds. The fourth-order valence-electron chi connectivity index (χ4n) is 2.59. The minimum atomic E-state index is -0.527. The van der Waals surface area contributed by atoms with Gasteiger partial charge in [0.1, 0.15) is 6.04 Å². The third-order valence-corrected chi connectivity index (χ3v) is 4.65. The lowest BCUT2D eigenvalue weighted by molar-refractivity contribution is -0.136. The number of nitrogens with zero attached hydrogens (tertiary/aromatic N) is 1. The predicted molar refractivity (Wildman–Crippen MR) is 89.7 cm³/mol. The number of halogens is 3. The van der Waals surface area contributed by atoms with Gasteiger partial charge in [0.05, 0.1) is 20.8 Å². The summed E-state index contributed by atoms with van der Waals surface area (Å²) < 4.78 is 0. The van der Waals surface area contributed by atoms with Gasteiger partial charge in [-0.15, -0.1) is 0 Å². The Labute approximate surface area is 144 Å². The smallest absolute Gasteiger partial charge is 0.247 e. The van der Waals surface area contributed by atoms with E-state index in [1.807, 2.05) is 13.8 Å². The highest BCUT2D eigenvalue weighted by molar-refractivity contribution is 6.44. The van der Waals surface area contributed by atoms with E-state index in [1.54, 1.807) is 4.90 Å². The van der Waals surface area contributed by atoms with E-state index in [4.69, 9.17) is 34.8 Å². The average molecular weight is 364 g/mol. The Kier molecular flexibility index (Phi) is 5.59. The van der Waals surface area contributed by atoms with Gasteiger partial charge < -0.3 is 10.2 Å². The maximum atomic E-state index is 12.6. The van der Waals surface area contributed by atoms with Crippen LogP contribution in [0.4, 0.5) is 5.69 Å². The lowest BCUT2D eigenvalue weighted by atomic mass is 10.0. The highest BCUT2D eigenvalue weighted by Crippen LogP contribution is 2.32. The second kappa shape index (κ2) is 7.07. The van der Waals surface area contributed by atoms with Crippen LogP contribution in [0.25, 0.3) is 0 Å². The van der Waals surface area contributed by atoms with E-state index in [1.165, 1.54) is 12.1 Å². The maximum absolute atomic E-state index is 12.6. The van der Waals surface area contributed by atoms with Crippen LogP contribution < -0.4 is 5.32 Å². The van der Waals surface area contributed by atoms with E-state index in [2.05, 4.69) is 5.32 Å². The maximum Gasteiger partial charge on any atom is 0.247 e. The summed E-state index contributed by atoms with van der Waals surface area (Å²) in [5.41, 5.74) is 0.387. The van der Waals surface area contributed by atoms with Gasteiger partial charge in [0.15, 0.2) is 0 Å². The zero-order valence-electron chi connectivity index (χ0n) is 12.3. The summed E-state index contributed by atoms with van der Waals surface area (Å²) in [6.07, 6.45) is 1.27. The molecule has 2 rings (SSSR count). The molecule has 1 aromatic carbocycles. The molecule has 1 fully saturated rings. The monoisotopic (exact) mass is 362 g/mol. The molecule has 0 spiro atoms. The van der Waals surface area contributed by atoms with Gasteiger partial charge in [-0.3, -0.25) is 9.59 Å². The fourth-order valence-corrected chi connectivity index (χ4v) is 3.19. The van der Waals surface area contributed by atoms with Gasteiger partial charge in [-0.25, -0.2) is 0 Å². The first-order chi connectivity index (χ1) is 10.3. The minimum absolute atomic E-state index is 0.00841. The first-order valence-electron chi connectivity index (χ1n) is 7.06. The van der Waals surface area contributed by atoms with E-state index in [0.29, 0.717) is 33.7 Å². The molecule has 22 heavy (non-hydrogen) atoms. The van der Waals surface area contributed by atoms with Crippen molar-refractivity contribution in [2.45, 2.75) is 32.7 Å². The first-order valence-corrected chi connectivity index (χ1v) is 8.19. The number of likely N-dealkylation sites (tertiary alicyclic amines) is 1. The highest BCUT2D eigenvalue weighted by Gasteiger charge is 2.35. The zero-order valence-corrected chi connectivity index (χ0v) is 14.6. The quantitative estimate of drug-likeness (QED) is 0.814. The molecular formula is C15H17Cl3N2O2. The number of amides is 2. The molecule has 0 saturated carbocycles. The van der Waals surface area contributed by atoms with Crippen LogP contribution in [0.3, 0.4) is 0 Å².